The average molecular weight is 331 g/mol. The van der Waals surface area contributed by atoms with Gasteiger partial charge < -0.3 is 4.74 Å². The van der Waals surface area contributed by atoms with E-state index in [-0.39, 0.29) is 0 Å². The number of halogens is 1. The summed E-state index contributed by atoms with van der Waals surface area (Å²) in [4.78, 5) is 0. The Bertz CT molecular complexity index is 727. The van der Waals surface area contributed by atoms with E-state index in [0.717, 1.165) is 21.5 Å². The van der Waals surface area contributed by atoms with Crippen molar-refractivity contribution in [2.75, 3.05) is 0 Å². The van der Waals surface area contributed by atoms with Gasteiger partial charge in [0.15, 0.2) is 0 Å². The normalized spacial score (nSPS) is 10.5. The molecule has 0 spiro atoms. The third-order valence-corrected chi connectivity index (χ3v) is 3.27. The number of para-hydroxylation sites is 1. The zero-order valence-corrected chi connectivity index (χ0v) is 12.3. The summed E-state index contributed by atoms with van der Waals surface area (Å²) in [6.45, 7) is 1.97. The molecule has 0 atom stereocenters. The summed E-state index contributed by atoms with van der Waals surface area (Å²) in [6.07, 6.45) is 0. The van der Waals surface area contributed by atoms with Crippen LogP contribution in [-0.2, 0) is 0 Å². The number of aromatic nitrogens is 4. The molecule has 0 N–H and O–H groups in total. The van der Waals surface area contributed by atoms with Gasteiger partial charge in [-0.1, -0.05) is 39.2 Å². The smallest absolute Gasteiger partial charge is 0.345 e. The molecule has 0 aliphatic heterocycles. The third-order valence-electron chi connectivity index (χ3n) is 2.78. The van der Waals surface area contributed by atoms with E-state index in [4.69, 9.17) is 4.74 Å². The summed E-state index contributed by atoms with van der Waals surface area (Å²) in [5.74, 6) is 0.722. The van der Waals surface area contributed by atoms with Gasteiger partial charge in [-0.05, 0) is 53.2 Å². The highest BCUT2D eigenvalue weighted by Crippen LogP contribution is 2.26. The van der Waals surface area contributed by atoms with E-state index >= 15 is 0 Å². The molecule has 3 rings (SSSR count). The topological polar surface area (TPSA) is 52.8 Å². The second-order valence-corrected chi connectivity index (χ2v) is 5.14. The minimum atomic E-state index is 0.335. The van der Waals surface area contributed by atoms with Crippen molar-refractivity contribution in [3.63, 3.8) is 0 Å². The maximum atomic E-state index is 5.80. The lowest BCUT2D eigenvalue weighted by molar-refractivity contribution is 0.424. The molecule has 0 saturated heterocycles. The van der Waals surface area contributed by atoms with Crippen LogP contribution >= 0.6 is 15.9 Å². The highest BCUT2D eigenvalue weighted by Gasteiger charge is 2.11. The van der Waals surface area contributed by atoms with E-state index < -0.39 is 0 Å². The highest BCUT2D eigenvalue weighted by atomic mass is 79.9. The fourth-order valence-corrected chi connectivity index (χ4v) is 2.28. The Morgan fingerprint density at radius 1 is 1.10 bits per heavy atom. The predicted molar refractivity (Wildman–Crippen MR) is 78.1 cm³/mol. The van der Waals surface area contributed by atoms with Gasteiger partial charge in [-0.2, -0.15) is 4.68 Å². The van der Waals surface area contributed by atoms with Crippen molar-refractivity contribution < 1.29 is 4.74 Å². The first-order valence-corrected chi connectivity index (χ1v) is 6.81. The molecule has 0 aliphatic carbocycles. The molecule has 2 aromatic carbocycles. The first-order valence-electron chi connectivity index (χ1n) is 6.02. The van der Waals surface area contributed by atoms with Crippen molar-refractivity contribution in [2.45, 2.75) is 6.92 Å². The molecule has 0 saturated carbocycles. The van der Waals surface area contributed by atoms with Gasteiger partial charge in [0.1, 0.15) is 5.75 Å². The Hall–Kier alpha value is -2.21. The molecule has 0 unspecified atom stereocenters. The van der Waals surface area contributed by atoms with Gasteiger partial charge >= 0.3 is 6.01 Å². The zero-order valence-electron chi connectivity index (χ0n) is 10.7. The quantitative estimate of drug-likeness (QED) is 0.737. The van der Waals surface area contributed by atoms with Crippen LogP contribution in [0.4, 0.5) is 0 Å². The monoisotopic (exact) mass is 330 g/mol. The summed E-state index contributed by atoms with van der Waals surface area (Å²) >= 11 is 3.42. The van der Waals surface area contributed by atoms with Crippen molar-refractivity contribution in [2.24, 2.45) is 0 Å². The van der Waals surface area contributed by atoms with Crippen LogP contribution in [0.1, 0.15) is 5.56 Å². The van der Waals surface area contributed by atoms with E-state index in [9.17, 15) is 0 Å². The predicted octanol–water partition coefficient (Wildman–Crippen LogP) is 3.53. The summed E-state index contributed by atoms with van der Waals surface area (Å²) in [5.41, 5.74) is 1.85. The van der Waals surface area contributed by atoms with Crippen LogP contribution in [0.25, 0.3) is 5.69 Å². The van der Waals surface area contributed by atoms with Gasteiger partial charge in [0.25, 0.3) is 0 Å². The van der Waals surface area contributed by atoms with Crippen LogP contribution in [0.2, 0.25) is 0 Å². The molecule has 20 heavy (non-hydrogen) atoms. The van der Waals surface area contributed by atoms with Gasteiger partial charge in [-0.15, -0.1) is 0 Å². The minimum absolute atomic E-state index is 0.335. The Labute approximate surface area is 124 Å². The summed E-state index contributed by atoms with van der Waals surface area (Å²) in [6, 6.07) is 15.7. The number of aryl methyl sites for hydroxylation is 1. The number of ether oxygens (including phenoxy) is 1. The number of nitrogens with zero attached hydrogens (tertiary/aromatic N) is 4. The average Bonchev–Trinajstić information content (AvgIpc) is 2.91. The van der Waals surface area contributed by atoms with E-state index in [0.29, 0.717) is 6.01 Å². The van der Waals surface area contributed by atoms with Gasteiger partial charge in [0, 0.05) is 4.47 Å². The molecule has 5 nitrogen and oxygen atoms in total. The van der Waals surface area contributed by atoms with Crippen LogP contribution in [0.3, 0.4) is 0 Å². The highest BCUT2D eigenvalue weighted by molar-refractivity contribution is 9.10. The molecule has 0 fully saturated rings. The fourth-order valence-electron chi connectivity index (χ4n) is 1.80. The molecule has 0 aliphatic rings. The summed E-state index contributed by atoms with van der Waals surface area (Å²) in [7, 11) is 0. The van der Waals surface area contributed by atoms with E-state index in [2.05, 4.69) is 31.5 Å². The molecular formula is C14H11BrN4O. The largest absolute Gasteiger partial charge is 0.423 e. The summed E-state index contributed by atoms with van der Waals surface area (Å²) in [5, 5.41) is 11.5. The lowest BCUT2D eigenvalue weighted by Crippen LogP contribution is -2.00. The standard InChI is InChI=1S/C14H11BrN4O/c1-10-9-11(15)7-8-13(10)20-14-16-17-18-19(14)12-5-3-2-4-6-12/h2-9H,1H3. The Morgan fingerprint density at radius 3 is 2.65 bits per heavy atom. The molecule has 0 amide bonds. The van der Waals surface area contributed by atoms with Crippen molar-refractivity contribution in [3.05, 3.63) is 58.6 Å². The molecule has 0 bridgehead atoms. The lowest BCUT2D eigenvalue weighted by atomic mass is 10.2. The van der Waals surface area contributed by atoms with Crippen molar-refractivity contribution in [1.29, 1.82) is 0 Å². The van der Waals surface area contributed by atoms with E-state index in [1.807, 2.05) is 55.5 Å². The number of tetrazole rings is 1. The molecule has 0 radical (unpaired) electrons. The molecule has 1 aromatic heterocycles. The van der Waals surface area contributed by atoms with Gasteiger partial charge in [-0.3, -0.25) is 0 Å². The van der Waals surface area contributed by atoms with Crippen molar-refractivity contribution in [3.8, 4) is 17.4 Å². The van der Waals surface area contributed by atoms with Crippen molar-refractivity contribution in [1.82, 2.24) is 20.2 Å². The second-order valence-electron chi connectivity index (χ2n) is 4.22. The first-order chi connectivity index (χ1) is 9.74. The molecule has 100 valence electrons. The zero-order chi connectivity index (χ0) is 13.9. The fraction of sp³-hybridized carbons (Fsp3) is 0.0714. The third kappa shape index (κ3) is 2.55. The van der Waals surface area contributed by atoms with Gasteiger partial charge in [0.05, 0.1) is 5.69 Å². The van der Waals surface area contributed by atoms with Gasteiger partial charge in [-0.25, -0.2) is 0 Å². The second kappa shape index (κ2) is 5.42. The molecule has 3 aromatic rings. The van der Waals surface area contributed by atoms with Crippen LogP contribution in [0.5, 0.6) is 11.8 Å². The maximum Gasteiger partial charge on any atom is 0.345 e. The SMILES string of the molecule is Cc1cc(Br)ccc1Oc1nnnn1-c1ccccc1. The Balaban J connectivity index is 1.95. The van der Waals surface area contributed by atoms with Crippen molar-refractivity contribution >= 4 is 15.9 Å². The number of hydrogen-bond donors (Lipinski definition) is 0. The Morgan fingerprint density at radius 2 is 1.90 bits per heavy atom. The first kappa shape index (κ1) is 12.8. The van der Waals surface area contributed by atoms with Crippen LogP contribution < -0.4 is 4.74 Å². The number of rotatable bonds is 3. The van der Waals surface area contributed by atoms with E-state index in [1.54, 1.807) is 4.68 Å². The lowest BCUT2D eigenvalue weighted by Gasteiger charge is -2.08. The molecule has 6 heteroatoms. The maximum absolute atomic E-state index is 5.80. The van der Waals surface area contributed by atoms with Crippen LogP contribution in [0, 0.1) is 6.92 Å². The van der Waals surface area contributed by atoms with Gasteiger partial charge in [0.2, 0.25) is 0 Å². The summed E-state index contributed by atoms with van der Waals surface area (Å²) < 4.78 is 8.36. The molecular weight excluding hydrogens is 320 g/mol. The van der Waals surface area contributed by atoms with E-state index in [1.165, 1.54) is 0 Å². The number of hydrogen-bond acceptors (Lipinski definition) is 4. The molecule has 1 heterocycles. The van der Waals surface area contributed by atoms with Crippen LogP contribution in [-0.4, -0.2) is 20.2 Å². The number of benzene rings is 2. The van der Waals surface area contributed by atoms with Crippen LogP contribution in [0.15, 0.2) is 53.0 Å². The Kier molecular flexibility index (Phi) is 3.47. The minimum Gasteiger partial charge on any atom is -0.423 e.